The predicted molar refractivity (Wildman–Crippen MR) is 111 cm³/mol. The maximum atomic E-state index is 12.1. The van der Waals surface area contributed by atoms with Crippen molar-refractivity contribution in [3.8, 4) is 11.5 Å². The average molecular weight is 420 g/mol. The highest BCUT2D eigenvalue weighted by atomic mass is 32.2. The van der Waals surface area contributed by atoms with Crippen LogP contribution in [0.5, 0.6) is 11.5 Å². The van der Waals surface area contributed by atoms with Crippen LogP contribution in [0, 0.1) is 0 Å². The monoisotopic (exact) mass is 420 g/mol. The molecule has 10 heteroatoms. The van der Waals surface area contributed by atoms with Gasteiger partial charge in [0.15, 0.2) is 16.7 Å². The smallest absolute Gasteiger partial charge is 0.240 e. The van der Waals surface area contributed by atoms with E-state index in [1.807, 2.05) is 6.07 Å². The molecule has 2 saturated heterocycles. The Bertz CT molecular complexity index is 808. The average Bonchev–Trinajstić information content (AvgIpc) is 3.36. The number of amides is 2. The van der Waals surface area contributed by atoms with E-state index in [1.165, 1.54) is 11.8 Å². The van der Waals surface area contributed by atoms with Crippen LogP contribution in [0.25, 0.3) is 0 Å². The number of rotatable bonds is 8. The van der Waals surface area contributed by atoms with Crippen LogP contribution < -0.4 is 20.1 Å². The molecule has 2 atom stereocenters. The molecule has 2 aliphatic heterocycles. The van der Waals surface area contributed by atoms with Gasteiger partial charge in [-0.3, -0.25) is 9.59 Å². The Labute approximate surface area is 173 Å². The van der Waals surface area contributed by atoms with Crippen molar-refractivity contribution >= 4 is 35.0 Å². The van der Waals surface area contributed by atoms with E-state index in [4.69, 9.17) is 14.2 Å². The minimum atomic E-state index is -0.519. The molecular formula is C19H24N4O5S. The molecule has 0 radical (unpaired) electrons. The van der Waals surface area contributed by atoms with Crippen molar-refractivity contribution in [1.82, 2.24) is 10.6 Å². The van der Waals surface area contributed by atoms with E-state index in [1.54, 1.807) is 32.6 Å². The normalized spacial score (nSPS) is 22.8. The van der Waals surface area contributed by atoms with Crippen molar-refractivity contribution in [3.05, 3.63) is 23.8 Å². The topological polar surface area (TPSA) is 111 Å². The number of ether oxygens (including phenoxy) is 3. The number of carbonyl (C=O) groups excluding carboxylic acids is 2. The van der Waals surface area contributed by atoms with Crippen molar-refractivity contribution in [1.29, 1.82) is 0 Å². The second kappa shape index (κ2) is 10.3. The molecule has 2 unspecified atom stereocenters. The number of thioether (sulfide) groups is 1. The molecule has 2 aliphatic rings. The summed E-state index contributed by atoms with van der Waals surface area (Å²) in [5.74, 6) is 0.780. The van der Waals surface area contributed by atoms with Gasteiger partial charge in [-0.05, 0) is 36.6 Å². The largest absolute Gasteiger partial charge is 0.493 e. The molecule has 156 valence electrons. The van der Waals surface area contributed by atoms with Crippen LogP contribution in [-0.2, 0) is 14.3 Å². The summed E-state index contributed by atoms with van der Waals surface area (Å²) < 4.78 is 15.9. The van der Waals surface area contributed by atoms with Gasteiger partial charge < -0.3 is 24.8 Å². The minimum Gasteiger partial charge on any atom is -0.493 e. The van der Waals surface area contributed by atoms with Gasteiger partial charge in [-0.15, -0.1) is 5.10 Å². The highest BCUT2D eigenvalue weighted by molar-refractivity contribution is 8.15. The number of methoxy groups -OCH3 is 2. The number of nitrogens with zero attached hydrogens (tertiary/aromatic N) is 2. The highest BCUT2D eigenvalue weighted by Gasteiger charge is 2.32. The Morgan fingerprint density at radius 2 is 2.21 bits per heavy atom. The third kappa shape index (κ3) is 5.94. The van der Waals surface area contributed by atoms with Crippen LogP contribution in [0.15, 0.2) is 28.4 Å². The van der Waals surface area contributed by atoms with E-state index in [2.05, 4.69) is 20.8 Å². The minimum absolute atomic E-state index is 0.0760. The zero-order valence-electron chi connectivity index (χ0n) is 16.3. The van der Waals surface area contributed by atoms with Gasteiger partial charge in [-0.2, -0.15) is 5.10 Å². The van der Waals surface area contributed by atoms with Gasteiger partial charge in [-0.25, -0.2) is 0 Å². The summed E-state index contributed by atoms with van der Waals surface area (Å²) in [5.41, 5.74) is 0.770. The van der Waals surface area contributed by atoms with Crippen molar-refractivity contribution in [2.24, 2.45) is 10.2 Å². The van der Waals surface area contributed by atoms with Crippen LogP contribution in [0.3, 0.4) is 0 Å². The molecule has 2 heterocycles. The second-order valence-electron chi connectivity index (χ2n) is 6.50. The molecule has 2 fully saturated rings. The fraction of sp³-hybridized carbons (Fsp3) is 0.474. The Hall–Kier alpha value is -2.59. The predicted octanol–water partition coefficient (Wildman–Crippen LogP) is 1.31. The molecule has 1 aromatic carbocycles. The van der Waals surface area contributed by atoms with Gasteiger partial charge >= 0.3 is 0 Å². The summed E-state index contributed by atoms with van der Waals surface area (Å²) in [4.78, 5) is 24.1. The van der Waals surface area contributed by atoms with Crippen molar-refractivity contribution in [2.45, 2.75) is 30.6 Å². The van der Waals surface area contributed by atoms with E-state index in [9.17, 15) is 9.59 Å². The molecule has 0 bridgehead atoms. The summed E-state index contributed by atoms with van der Waals surface area (Å²) in [6, 6.07) is 5.35. The Balaban J connectivity index is 1.50. The van der Waals surface area contributed by atoms with E-state index in [0.717, 1.165) is 25.0 Å². The van der Waals surface area contributed by atoms with Gasteiger partial charge in [0.1, 0.15) is 5.25 Å². The Morgan fingerprint density at radius 1 is 1.38 bits per heavy atom. The lowest BCUT2D eigenvalue weighted by molar-refractivity contribution is -0.125. The second-order valence-corrected chi connectivity index (χ2v) is 7.69. The highest BCUT2D eigenvalue weighted by Crippen LogP contribution is 2.27. The van der Waals surface area contributed by atoms with Crippen LogP contribution >= 0.6 is 11.8 Å². The molecule has 0 aromatic heterocycles. The lowest BCUT2D eigenvalue weighted by atomic mass is 10.2. The standard InChI is InChI=1S/C19H24N4O5S/c1-26-14-6-5-12(8-15(14)27-2)10-21-23-19-22-18(25)16(29-19)9-17(24)20-11-13-4-3-7-28-13/h5-6,8,10,13,16H,3-4,7,9,11H2,1-2H3,(H,20,24)(H,22,23,25). The van der Waals surface area contributed by atoms with Crippen LogP contribution in [0.4, 0.5) is 0 Å². The quantitative estimate of drug-likeness (QED) is 0.485. The summed E-state index contributed by atoms with van der Waals surface area (Å²) in [5, 5.41) is 13.3. The first-order valence-corrected chi connectivity index (χ1v) is 10.2. The van der Waals surface area contributed by atoms with Gasteiger partial charge in [0.25, 0.3) is 0 Å². The first-order chi connectivity index (χ1) is 14.1. The number of amidine groups is 1. The molecule has 0 saturated carbocycles. The Kier molecular flexibility index (Phi) is 7.48. The van der Waals surface area contributed by atoms with Gasteiger partial charge in [-0.1, -0.05) is 11.8 Å². The molecule has 9 nitrogen and oxygen atoms in total. The van der Waals surface area contributed by atoms with Gasteiger partial charge in [0, 0.05) is 19.6 Å². The van der Waals surface area contributed by atoms with Crippen molar-refractivity contribution in [3.63, 3.8) is 0 Å². The van der Waals surface area contributed by atoms with Crippen LogP contribution in [0.1, 0.15) is 24.8 Å². The lowest BCUT2D eigenvalue weighted by Crippen LogP contribution is -2.35. The van der Waals surface area contributed by atoms with Crippen LogP contribution in [0.2, 0.25) is 0 Å². The SMILES string of the molecule is COc1ccc(C=N/N=C2\NC(=O)C(CC(=O)NCC3CCCO3)S2)cc1OC. The molecule has 0 aliphatic carbocycles. The van der Waals surface area contributed by atoms with Crippen molar-refractivity contribution in [2.75, 3.05) is 27.4 Å². The number of hydrogen-bond donors (Lipinski definition) is 2. The zero-order chi connectivity index (χ0) is 20.6. The molecule has 2 N–H and O–H groups in total. The van der Waals surface area contributed by atoms with E-state index >= 15 is 0 Å². The van der Waals surface area contributed by atoms with Crippen molar-refractivity contribution < 1.29 is 23.8 Å². The van der Waals surface area contributed by atoms with Gasteiger partial charge in [0.05, 0.1) is 26.5 Å². The third-order valence-electron chi connectivity index (χ3n) is 4.46. The molecular weight excluding hydrogens is 396 g/mol. The number of nitrogens with one attached hydrogen (secondary N) is 2. The zero-order valence-corrected chi connectivity index (χ0v) is 17.2. The lowest BCUT2D eigenvalue weighted by Gasteiger charge is -2.11. The first kappa shape index (κ1) is 21.1. The fourth-order valence-corrected chi connectivity index (χ4v) is 3.87. The maximum Gasteiger partial charge on any atom is 0.240 e. The number of carbonyl (C=O) groups is 2. The third-order valence-corrected chi connectivity index (χ3v) is 5.53. The molecule has 29 heavy (non-hydrogen) atoms. The fourth-order valence-electron chi connectivity index (χ4n) is 2.94. The summed E-state index contributed by atoms with van der Waals surface area (Å²) in [7, 11) is 3.12. The number of benzene rings is 1. The summed E-state index contributed by atoms with van der Waals surface area (Å²) >= 11 is 1.19. The maximum absolute atomic E-state index is 12.1. The van der Waals surface area contributed by atoms with E-state index < -0.39 is 5.25 Å². The Morgan fingerprint density at radius 3 is 2.93 bits per heavy atom. The molecule has 3 rings (SSSR count). The molecule has 0 spiro atoms. The summed E-state index contributed by atoms with van der Waals surface area (Å²) in [6.07, 6.45) is 3.68. The molecule has 2 amide bonds. The van der Waals surface area contributed by atoms with E-state index in [0.29, 0.717) is 23.2 Å². The first-order valence-electron chi connectivity index (χ1n) is 9.28. The molecule has 1 aromatic rings. The van der Waals surface area contributed by atoms with Gasteiger partial charge in [0.2, 0.25) is 11.8 Å². The van der Waals surface area contributed by atoms with Crippen LogP contribution in [-0.4, -0.2) is 61.9 Å². The van der Waals surface area contributed by atoms with E-state index in [-0.39, 0.29) is 24.3 Å². The number of hydrogen-bond acceptors (Lipinski definition) is 8. The summed E-state index contributed by atoms with van der Waals surface area (Å²) in [6.45, 7) is 1.22.